The first-order valence-corrected chi connectivity index (χ1v) is 10.0. The molecular formula is C21H16N2O4S. The van der Waals surface area contributed by atoms with Gasteiger partial charge in [0.05, 0.1) is 4.90 Å². The van der Waals surface area contributed by atoms with Crippen molar-refractivity contribution in [3.63, 3.8) is 0 Å². The Hall–Kier alpha value is -3.16. The Labute approximate surface area is 162 Å². The van der Waals surface area contributed by atoms with Crippen LogP contribution >= 0.6 is 0 Å². The number of hydrogen-bond acceptors (Lipinski definition) is 5. The largest absolute Gasteiger partial charge is 0.292 e. The number of carbonyl (C=O) groups is 2. The van der Waals surface area contributed by atoms with Crippen LogP contribution in [0.15, 0.2) is 78.0 Å². The van der Waals surface area contributed by atoms with Crippen LogP contribution in [0.4, 0.5) is 0 Å². The van der Waals surface area contributed by atoms with Crippen molar-refractivity contribution in [1.82, 2.24) is 9.29 Å². The molecule has 2 aromatic carbocycles. The second-order valence-electron chi connectivity index (χ2n) is 6.47. The van der Waals surface area contributed by atoms with Crippen molar-refractivity contribution in [3.05, 3.63) is 84.2 Å². The van der Waals surface area contributed by atoms with E-state index in [2.05, 4.69) is 4.98 Å². The zero-order valence-electron chi connectivity index (χ0n) is 14.9. The van der Waals surface area contributed by atoms with E-state index in [9.17, 15) is 18.0 Å². The van der Waals surface area contributed by atoms with Gasteiger partial charge < -0.3 is 0 Å². The second-order valence-corrected chi connectivity index (χ2v) is 8.44. The minimum Gasteiger partial charge on any atom is -0.292 e. The highest BCUT2D eigenvalue weighted by Gasteiger charge is 2.45. The van der Waals surface area contributed by atoms with E-state index in [4.69, 9.17) is 0 Å². The fourth-order valence-corrected chi connectivity index (χ4v) is 4.81. The second kappa shape index (κ2) is 6.78. The number of hydrogen-bond donors (Lipinski definition) is 0. The van der Waals surface area contributed by atoms with E-state index < -0.39 is 27.6 Å². The van der Waals surface area contributed by atoms with Gasteiger partial charge in [-0.15, -0.1) is 0 Å². The number of benzene rings is 2. The van der Waals surface area contributed by atoms with Gasteiger partial charge in [-0.3, -0.25) is 14.6 Å². The molecule has 0 radical (unpaired) electrons. The topological polar surface area (TPSA) is 84.4 Å². The van der Waals surface area contributed by atoms with Crippen molar-refractivity contribution in [1.29, 1.82) is 0 Å². The number of pyridine rings is 1. The fraction of sp³-hybridized carbons (Fsp3) is 0.0952. The summed E-state index contributed by atoms with van der Waals surface area (Å²) < 4.78 is 26.5. The number of nitrogens with zero attached hydrogens (tertiary/aromatic N) is 2. The van der Waals surface area contributed by atoms with E-state index in [1.54, 1.807) is 48.8 Å². The van der Waals surface area contributed by atoms with Crippen LogP contribution in [0.5, 0.6) is 0 Å². The maximum atomic E-state index is 13.2. The molecule has 1 unspecified atom stereocenters. The molecule has 28 heavy (non-hydrogen) atoms. The van der Waals surface area contributed by atoms with E-state index in [-0.39, 0.29) is 16.0 Å². The lowest BCUT2D eigenvalue weighted by molar-refractivity contribution is 0.0784. The van der Waals surface area contributed by atoms with Crippen molar-refractivity contribution in [2.75, 3.05) is 7.05 Å². The smallest absolute Gasteiger partial charge is 0.244 e. The molecule has 0 N–H and O–H groups in total. The first kappa shape index (κ1) is 18.2. The van der Waals surface area contributed by atoms with Crippen molar-refractivity contribution in [2.24, 2.45) is 0 Å². The number of likely N-dealkylation sites (N-methyl/N-ethyl adjacent to an activating group) is 1. The summed E-state index contributed by atoms with van der Waals surface area (Å²) in [6.45, 7) is 0. The Balaban J connectivity index is 1.78. The number of rotatable bonds is 3. The zero-order valence-corrected chi connectivity index (χ0v) is 15.8. The summed E-state index contributed by atoms with van der Waals surface area (Å²) in [4.78, 5) is 30.1. The number of ketones is 2. The minimum atomic E-state index is -3.94. The van der Waals surface area contributed by atoms with E-state index in [1.165, 1.54) is 19.2 Å². The molecule has 0 aliphatic carbocycles. The molecule has 2 heterocycles. The lowest BCUT2D eigenvalue weighted by Gasteiger charge is -2.31. The molecule has 6 nitrogen and oxygen atoms in total. The van der Waals surface area contributed by atoms with Gasteiger partial charge in [0.25, 0.3) is 0 Å². The highest BCUT2D eigenvalue weighted by Crippen LogP contribution is 2.31. The van der Waals surface area contributed by atoms with Gasteiger partial charge in [-0.25, -0.2) is 8.42 Å². The Kier molecular flexibility index (Phi) is 4.41. The fourth-order valence-electron chi connectivity index (χ4n) is 3.33. The molecule has 1 aromatic heterocycles. The normalized spacial score (nSPS) is 18.5. The maximum absolute atomic E-state index is 13.2. The first-order valence-electron chi connectivity index (χ1n) is 8.57. The van der Waals surface area contributed by atoms with Crippen LogP contribution in [0, 0.1) is 0 Å². The van der Waals surface area contributed by atoms with Crippen LogP contribution < -0.4 is 0 Å². The van der Waals surface area contributed by atoms with Crippen molar-refractivity contribution >= 4 is 21.6 Å². The predicted octanol–water partition coefficient (Wildman–Crippen LogP) is 2.82. The molecule has 0 bridgehead atoms. The quantitative estimate of drug-likeness (QED) is 0.505. The molecule has 1 atom stereocenters. The summed E-state index contributed by atoms with van der Waals surface area (Å²) in [6.07, 6.45) is 3.32. The highest BCUT2D eigenvalue weighted by atomic mass is 32.2. The van der Waals surface area contributed by atoms with Gasteiger partial charge in [-0.2, -0.15) is 4.31 Å². The van der Waals surface area contributed by atoms with Crippen molar-refractivity contribution < 1.29 is 18.0 Å². The molecule has 0 amide bonds. The molecular weight excluding hydrogens is 376 g/mol. The van der Waals surface area contributed by atoms with Gasteiger partial charge in [-0.05, 0) is 29.8 Å². The molecule has 3 aromatic rings. The van der Waals surface area contributed by atoms with Crippen molar-refractivity contribution in [2.45, 2.75) is 10.9 Å². The average Bonchev–Trinajstić information content (AvgIpc) is 2.73. The summed E-state index contributed by atoms with van der Waals surface area (Å²) in [7, 11) is -2.68. The van der Waals surface area contributed by atoms with Crippen LogP contribution in [-0.2, 0) is 10.0 Å². The van der Waals surface area contributed by atoms with Gasteiger partial charge >= 0.3 is 0 Å². The average molecular weight is 392 g/mol. The van der Waals surface area contributed by atoms with Gasteiger partial charge in [0.1, 0.15) is 0 Å². The summed E-state index contributed by atoms with van der Waals surface area (Å²) in [6, 6.07) is 14.9. The summed E-state index contributed by atoms with van der Waals surface area (Å²) in [5.41, 5.74) is 1.88. The number of fused-ring (bicyclic) bond motifs is 1. The van der Waals surface area contributed by atoms with Crippen LogP contribution in [0.1, 0.15) is 20.7 Å². The Bertz CT molecular complexity index is 1190. The van der Waals surface area contributed by atoms with Gasteiger partial charge in [-0.1, -0.05) is 36.4 Å². The summed E-state index contributed by atoms with van der Waals surface area (Å²) >= 11 is 0. The molecule has 4 rings (SSSR count). The Morgan fingerprint density at radius 2 is 1.75 bits per heavy atom. The van der Waals surface area contributed by atoms with Crippen molar-refractivity contribution in [3.8, 4) is 11.1 Å². The van der Waals surface area contributed by atoms with E-state index in [0.29, 0.717) is 0 Å². The number of carbonyl (C=O) groups excluding carboxylic acids is 2. The lowest BCUT2D eigenvalue weighted by atomic mass is 9.94. The van der Waals surface area contributed by atoms with Crippen LogP contribution in [0.25, 0.3) is 11.1 Å². The monoisotopic (exact) mass is 392 g/mol. The van der Waals surface area contributed by atoms with Gasteiger partial charge in [0, 0.05) is 36.1 Å². The predicted molar refractivity (Wildman–Crippen MR) is 104 cm³/mol. The van der Waals surface area contributed by atoms with Crippen LogP contribution in [0.3, 0.4) is 0 Å². The number of sulfonamides is 1. The SMILES string of the molecule is CN1C(C(=O)c2cccc(-c3cccnc3)c2)C(=O)c2ccccc2S1(=O)=O. The molecule has 140 valence electrons. The summed E-state index contributed by atoms with van der Waals surface area (Å²) in [5.74, 6) is -1.08. The third-order valence-electron chi connectivity index (χ3n) is 4.81. The Morgan fingerprint density at radius 1 is 1.00 bits per heavy atom. The molecule has 0 spiro atoms. The van der Waals surface area contributed by atoms with Gasteiger partial charge in [0.2, 0.25) is 10.0 Å². The van der Waals surface area contributed by atoms with E-state index in [0.717, 1.165) is 15.4 Å². The van der Waals surface area contributed by atoms with E-state index in [1.807, 2.05) is 12.1 Å². The maximum Gasteiger partial charge on any atom is 0.244 e. The molecule has 1 aliphatic heterocycles. The number of aromatic nitrogens is 1. The minimum absolute atomic E-state index is 0.0439. The first-order chi connectivity index (χ1) is 13.4. The Morgan fingerprint density at radius 3 is 2.50 bits per heavy atom. The van der Waals surface area contributed by atoms with Crippen LogP contribution in [0.2, 0.25) is 0 Å². The third kappa shape index (κ3) is 2.85. The molecule has 0 saturated heterocycles. The molecule has 7 heteroatoms. The van der Waals surface area contributed by atoms with E-state index >= 15 is 0 Å². The highest BCUT2D eigenvalue weighted by molar-refractivity contribution is 7.89. The number of Topliss-reactive ketones (excluding diaryl/α,β-unsaturated/α-hetero) is 2. The van der Waals surface area contributed by atoms with Crippen LogP contribution in [-0.4, -0.2) is 42.4 Å². The third-order valence-corrected chi connectivity index (χ3v) is 6.69. The lowest BCUT2D eigenvalue weighted by Crippen LogP contribution is -2.51. The van der Waals surface area contributed by atoms with Gasteiger partial charge in [0.15, 0.2) is 17.6 Å². The zero-order chi connectivity index (χ0) is 19.9. The molecule has 0 saturated carbocycles. The molecule has 1 aliphatic rings. The standard InChI is InChI=1S/C21H16N2O4S/c1-23-19(21(25)17-9-2-3-10-18(17)28(23,26)27)20(24)15-7-4-6-14(12-15)16-8-5-11-22-13-16/h2-13,19H,1H3. The molecule has 0 fully saturated rings. The summed E-state index contributed by atoms with van der Waals surface area (Å²) in [5, 5.41) is 0.